The molecule has 0 aliphatic carbocycles. The maximum Gasteiger partial charge on any atom is 0.416 e. The Labute approximate surface area is 215 Å². The Balaban J connectivity index is 2.32. The summed E-state index contributed by atoms with van der Waals surface area (Å²) in [4.78, 5) is 26.9. The summed E-state index contributed by atoms with van der Waals surface area (Å²) in [6, 6.07) is 3.23. The highest BCUT2D eigenvalue weighted by Gasteiger charge is 2.49. The summed E-state index contributed by atoms with van der Waals surface area (Å²) in [6.07, 6.45) is -9.14. The van der Waals surface area contributed by atoms with Gasteiger partial charge in [-0.2, -0.15) is 13.2 Å². The van der Waals surface area contributed by atoms with Gasteiger partial charge in [0.15, 0.2) is 15.9 Å². The lowest BCUT2D eigenvalue weighted by Gasteiger charge is -2.32. The molecular formula is C24H35F3N2O7S. The van der Waals surface area contributed by atoms with Crippen molar-refractivity contribution < 1.29 is 45.8 Å². The number of sulfone groups is 1. The molecule has 13 heteroatoms. The first kappa shape index (κ1) is 30.7. The highest BCUT2D eigenvalue weighted by molar-refractivity contribution is 7.91. The predicted octanol–water partition coefficient (Wildman–Crippen LogP) is 3.05. The number of nitrogens with zero attached hydrogens (tertiary/aromatic N) is 1. The van der Waals surface area contributed by atoms with Gasteiger partial charge in [0.1, 0.15) is 17.4 Å². The fourth-order valence-electron chi connectivity index (χ4n) is 3.97. The number of aliphatic hydroxyl groups is 1. The van der Waals surface area contributed by atoms with Crippen LogP contribution in [0.3, 0.4) is 0 Å². The Hall–Kier alpha value is -2.54. The van der Waals surface area contributed by atoms with Gasteiger partial charge in [-0.05, 0) is 50.8 Å². The van der Waals surface area contributed by atoms with Crippen molar-refractivity contribution in [1.82, 2.24) is 10.2 Å². The number of carbonyl (C=O) groups is 2. The predicted molar refractivity (Wildman–Crippen MR) is 130 cm³/mol. The molecule has 210 valence electrons. The summed E-state index contributed by atoms with van der Waals surface area (Å²) in [5.41, 5.74) is -0.504. The Kier molecular flexibility index (Phi) is 9.50. The first-order chi connectivity index (χ1) is 16.9. The van der Waals surface area contributed by atoms with E-state index in [0.717, 1.165) is 4.90 Å². The molecular weight excluding hydrogens is 517 g/mol. The monoisotopic (exact) mass is 552 g/mol. The van der Waals surface area contributed by atoms with Crippen LogP contribution in [0.25, 0.3) is 0 Å². The van der Waals surface area contributed by atoms with Gasteiger partial charge in [-0.3, -0.25) is 9.69 Å². The number of rotatable bonds is 8. The molecule has 37 heavy (non-hydrogen) atoms. The van der Waals surface area contributed by atoms with Gasteiger partial charge in [-0.25, -0.2) is 13.2 Å². The van der Waals surface area contributed by atoms with E-state index in [9.17, 15) is 36.3 Å². The van der Waals surface area contributed by atoms with E-state index >= 15 is 0 Å². The van der Waals surface area contributed by atoms with Gasteiger partial charge in [0, 0.05) is 6.54 Å². The fraction of sp³-hybridized carbons (Fsp3) is 0.667. The topological polar surface area (TPSA) is 122 Å². The molecule has 2 amide bonds. The largest absolute Gasteiger partial charge is 0.497 e. The Morgan fingerprint density at radius 3 is 2.19 bits per heavy atom. The van der Waals surface area contributed by atoms with Crippen LogP contribution in [0.2, 0.25) is 0 Å². The van der Waals surface area contributed by atoms with Crippen LogP contribution in [0.15, 0.2) is 24.3 Å². The molecule has 4 atom stereocenters. The first-order valence-corrected chi connectivity index (χ1v) is 13.5. The van der Waals surface area contributed by atoms with Crippen LogP contribution in [-0.4, -0.2) is 79.3 Å². The molecule has 0 unspecified atom stereocenters. The highest BCUT2D eigenvalue weighted by Crippen LogP contribution is 2.30. The fourth-order valence-corrected chi connectivity index (χ4v) is 5.73. The third-order valence-electron chi connectivity index (χ3n) is 5.93. The van der Waals surface area contributed by atoms with E-state index in [1.165, 1.54) is 21.0 Å². The summed E-state index contributed by atoms with van der Waals surface area (Å²) in [5, 5.41) is 10.8. The second-order valence-electron chi connectivity index (χ2n) is 10.4. The molecule has 9 nitrogen and oxygen atoms in total. The van der Waals surface area contributed by atoms with Gasteiger partial charge in [0.2, 0.25) is 5.91 Å². The molecule has 1 aromatic rings. The number of likely N-dealkylation sites (tertiary alicyclic amines) is 1. The number of hydrogen-bond acceptors (Lipinski definition) is 7. The number of benzene rings is 1. The summed E-state index contributed by atoms with van der Waals surface area (Å²) < 4.78 is 76.4. The van der Waals surface area contributed by atoms with Gasteiger partial charge in [-0.1, -0.05) is 26.0 Å². The van der Waals surface area contributed by atoms with Crippen LogP contribution in [0.1, 0.15) is 46.6 Å². The normalized spacial score (nSPS) is 20.5. The summed E-state index contributed by atoms with van der Waals surface area (Å²) >= 11 is 0. The van der Waals surface area contributed by atoms with Crippen LogP contribution in [0.5, 0.6) is 5.75 Å². The maximum absolute atomic E-state index is 13.2. The number of methoxy groups -OCH3 is 1. The quantitative estimate of drug-likeness (QED) is 0.508. The number of amides is 2. The van der Waals surface area contributed by atoms with Crippen LogP contribution in [-0.2, 0) is 25.1 Å². The van der Waals surface area contributed by atoms with E-state index in [-0.39, 0.29) is 18.7 Å². The molecule has 0 saturated carbocycles. The summed E-state index contributed by atoms with van der Waals surface area (Å²) in [7, 11) is -2.42. The van der Waals surface area contributed by atoms with Crippen molar-refractivity contribution in [3.63, 3.8) is 0 Å². The third kappa shape index (κ3) is 8.22. The van der Waals surface area contributed by atoms with Gasteiger partial charge < -0.3 is 19.9 Å². The Bertz CT molecular complexity index is 1050. The molecule has 1 saturated heterocycles. The number of ether oxygens (including phenoxy) is 2. The summed E-state index contributed by atoms with van der Waals surface area (Å²) in [5.74, 6) is -1.66. The van der Waals surface area contributed by atoms with E-state index in [4.69, 9.17) is 9.47 Å². The van der Waals surface area contributed by atoms with Gasteiger partial charge in [-0.15, -0.1) is 0 Å². The molecule has 0 bridgehead atoms. The van der Waals surface area contributed by atoms with Gasteiger partial charge in [0.25, 0.3) is 0 Å². The van der Waals surface area contributed by atoms with E-state index in [0.29, 0.717) is 11.3 Å². The van der Waals surface area contributed by atoms with E-state index < -0.39 is 63.0 Å². The molecule has 1 heterocycles. The zero-order valence-electron chi connectivity index (χ0n) is 21.7. The number of halogens is 3. The van der Waals surface area contributed by atoms with Crippen LogP contribution in [0.4, 0.5) is 18.0 Å². The lowest BCUT2D eigenvalue weighted by molar-refractivity contribution is -0.215. The van der Waals surface area contributed by atoms with Crippen molar-refractivity contribution in [1.29, 1.82) is 0 Å². The average Bonchev–Trinajstić information content (AvgIpc) is 3.22. The molecule has 1 aliphatic heterocycles. The number of carbonyl (C=O) groups excluding carboxylic acids is 2. The second-order valence-corrected chi connectivity index (χ2v) is 12.7. The Morgan fingerprint density at radius 2 is 1.73 bits per heavy atom. The van der Waals surface area contributed by atoms with Crippen molar-refractivity contribution in [2.45, 2.75) is 82.0 Å². The highest BCUT2D eigenvalue weighted by atomic mass is 32.2. The maximum atomic E-state index is 13.2. The summed E-state index contributed by atoms with van der Waals surface area (Å²) in [6.45, 7) is 7.16. The SMILES string of the molecule is COc1ccc(CS(=O)(=O)[C@@H]2C[C@@H](C(=O)N[C@@H](C(C)C)[C@H](O)C(F)(F)F)N(C(=O)OC(C)(C)C)C2)cc1. The minimum atomic E-state index is -4.99. The van der Waals surface area contributed by atoms with E-state index in [1.807, 2.05) is 0 Å². The van der Waals surface area contributed by atoms with Crippen molar-refractivity contribution in [3.05, 3.63) is 29.8 Å². The zero-order chi connectivity index (χ0) is 28.3. The Morgan fingerprint density at radius 1 is 1.16 bits per heavy atom. The lowest BCUT2D eigenvalue weighted by atomic mass is 9.97. The average molecular weight is 553 g/mol. The molecule has 1 aliphatic rings. The minimum absolute atomic E-state index is 0.337. The van der Waals surface area contributed by atoms with E-state index in [1.54, 1.807) is 45.0 Å². The number of aliphatic hydroxyl groups excluding tert-OH is 1. The van der Waals surface area contributed by atoms with Crippen molar-refractivity contribution in [2.75, 3.05) is 13.7 Å². The molecule has 1 fully saturated rings. The molecule has 2 N–H and O–H groups in total. The molecule has 1 aromatic carbocycles. The number of hydrogen-bond donors (Lipinski definition) is 2. The van der Waals surface area contributed by atoms with Crippen molar-refractivity contribution in [3.8, 4) is 5.75 Å². The zero-order valence-corrected chi connectivity index (χ0v) is 22.5. The number of alkyl halides is 3. The molecule has 0 aromatic heterocycles. The van der Waals surface area contributed by atoms with Crippen molar-refractivity contribution in [2.24, 2.45) is 5.92 Å². The van der Waals surface area contributed by atoms with Gasteiger partial charge >= 0.3 is 12.3 Å². The van der Waals surface area contributed by atoms with Crippen LogP contribution < -0.4 is 10.1 Å². The number of nitrogens with one attached hydrogen (secondary N) is 1. The smallest absolute Gasteiger partial charge is 0.416 e. The standard InChI is InChI=1S/C24H35F3N2O7S/c1-14(2)19(20(30)24(25,26)27)28-21(31)18-11-17(12-29(18)22(32)36-23(3,4)5)37(33,34)13-15-7-9-16(35-6)10-8-15/h7-10,14,17-20,30H,11-13H2,1-6H3,(H,28,31)/t17-,18+,19+,20+/m1/s1. The molecule has 2 rings (SSSR count). The first-order valence-electron chi connectivity index (χ1n) is 11.7. The van der Waals surface area contributed by atoms with Gasteiger partial charge in [0.05, 0.1) is 24.2 Å². The van der Waals surface area contributed by atoms with Crippen LogP contribution >= 0.6 is 0 Å². The molecule has 0 spiro atoms. The third-order valence-corrected chi connectivity index (χ3v) is 8.02. The molecule has 0 radical (unpaired) electrons. The van der Waals surface area contributed by atoms with E-state index in [2.05, 4.69) is 5.32 Å². The second kappa shape index (κ2) is 11.5. The van der Waals surface area contributed by atoms with Crippen molar-refractivity contribution >= 4 is 21.8 Å². The minimum Gasteiger partial charge on any atom is -0.497 e. The van der Waals surface area contributed by atoms with Crippen LogP contribution in [0, 0.1) is 5.92 Å². The lowest BCUT2D eigenvalue weighted by Crippen LogP contribution is -2.57.